The third kappa shape index (κ3) is 4.03. The van der Waals surface area contributed by atoms with Gasteiger partial charge >= 0.3 is 5.97 Å². The Morgan fingerprint density at radius 2 is 2.00 bits per heavy atom. The number of aromatic nitrogens is 2. The molecule has 2 N–H and O–H groups in total. The fourth-order valence-corrected chi connectivity index (χ4v) is 2.36. The summed E-state index contributed by atoms with van der Waals surface area (Å²) in [7, 11) is 0. The van der Waals surface area contributed by atoms with E-state index < -0.39 is 23.8 Å². The maximum Gasteiger partial charge on any atom is 0.308 e. The molecule has 0 radical (unpaired) electrons. The van der Waals surface area contributed by atoms with Crippen LogP contribution in [0, 0.1) is 5.92 Å². The number of carboxylic acids is 1. The predicted octanol–water partition coefficient (Wildman–Crippen LogP) is 3.02. The van der Waals surface area contributed by atoms with Gasteiger partial charge in [-0.05, 0) is 32.0 Å². The Hall–Kier alpha value is -2.05. The number of carbonyl (C=O) groups is 2. The minimum absolute atomic E-state index is 0.306. The first kappa shape index (κ1) is 17.3. The summed E-state index contributed by atoms with van der Waals surface area (Å²) in [5.74, 6) is -2.07. The lowest BCUT2D eigenvalue weighted by Crippen LogP contribution is -2.39. The van der Waals surface area contributed by atoms with E-state index in [0.29, 0.717) is 21.3 Å². The van der Waals surface area contributed by atoms with Crippen LogP contribution in [0.25, 0.3) is 5.69 Å². The average molecular weight is 356 g/mol. The maximum absolute atomic E-state index is 12.2. The van der Waals surface area contributed by atoms with Gasteiger partial charge in [-0.3, -0.25) is 9.59 Å². The summed E-state index contributed by atoms with van der Waals surface area (Å²) in [6.45, 7) is 3.17. The average Bonchev–Trinajstić information content (AvgIpc) is 2.95. The molecule has 1 aromatic heterocycles. The number of carboxylic acid groups (broad SMARTS) is 1. The van der Waals surface area contributed by atoms with Crippen molar-refractivity contribution in [3.8, 4) is 5.69 Å². The van der Waals surface area contributed by atoms with Crippen molar-refractivity contribution < 1.29 is 14.7 Å². The highest BCUT2D eigenvalue weighted by molar-refractivity contribution is 6.35. The first-order valence-electron chi connectivity index (χ1n) is 6.83. The lowest BCUT2D eigenvalue weighted by atomic mass is 10.0. The summed E-state index contributed by atoms with van der Waals surface area (Å²) in [6, 6.07) is 4.42. The Balaban J connectivity index is 2.15. The molecule has 0 aliphatic heterocycles. The molecule has 8 heteroatoms. The molecule has 0 saturated carbocycles. The second kappa shape index (κ2) is 7.02. The van der Waals surface area contributed by atoms with Crippen LogP contribution in [0.15, 0.2) is 30.6 Å². The van der Waals surface area contributed by atoms with Crippen molar-refractivity contribution >= 4 is 35.1 Å². The summed E-state index contributed by atoms with van der Waals surface area (Å²) >= 11 is 11.9. The predicted molar refractivity (Wildman–Crippen MR) is 87.3 cm³/mol. The standard InChI is InChI=1S/C15H15Cl2N3O3/c1-8(15(22)23)9(2)19-14(21)10-6-18-20(7-10)13-4-3-11(16)5-12(13)17/h3-9H,1-2H3,(H,19,21)(H,22,23). The molecule has 0 aliphatic carbocycles. The molecular weight excluding hydrogens is 341 g/mol. The highest BCUT2D eigenvalue weighted by Gasteiger charge is 2.22. The monoisotopic (exact) mass is 355 g/mol. The zero-order valence-electron chi connectivity index (χ0n) is 12.5. The second-order valence-electron chi connectivity index (χ2n) is 5.16. The van der Waals surface area contributed by atoms with Crippen molar-refractivity contribution in [3.05, 3.63) is 46.2 Å². The molecule has 23 heavy (non-hydrogen) atoms. The Labute approximate surface area is 143 Å². The molecule has 2 aromatic rings. The molecule has 1 heterocycles. The van der Waals surface area contributed by atoms with Crippen LogP contribution in [-0.2, 0) is 4.79 Å². The van der Waals surface area contributed by atoms with Crippen LogP contribution < -0.4 is 5.32 Å². The number of hydrogen-bond acceptors (Lipinski definition) is 3. The van der Waals surface area contributed by atoms with Crippen LogP contribution in [0.3, 0.4) is 0 Å². The normalized spacial score (nSPS) is 13.4. The molecule has 2 atom stereocenters. The largest absolute Gasteiger partial charge is 0.481 e. The summed E-state index contributed by atoms with van der Waals surface area (Å²) in [6.07, 6.45) is 2.90. The van der Waals surface area contributed by atoms with E-state index in [1.54, 1.807) is 25.1 Å². The summed E-state index contributed by atoms with van der Waals surface area (Å²) < 4.78 is 1.46. The van der Waals surface area contributed by atoms with E-state index in [1.807, 2.05) is 0 Å². The maximum atomic E-state index is 12.2. The van der Waals surface area contributed by atoms with E-state index in [4.69, 9.17) is 28.3 Å². The van der Waals surface area contributed by atoms with Gasteiger partial charge in [0.05, 0.1) is 28.4 Å². The molecule has 122 valence electrons. The molecular formula is C15H15Cl2N3O3. The van der Waals surface area contributed by atoms with Crippen molar-refractivity contribution in [2.45, 2.75) is 19.9 Å². The number of aliphatic carboxylic acids is 1. The smallest absolute Gasteiger partial charge is 0.308 e. The van der Waals surface area contributed by atoms with Gasteiger partial charge in [-0.25, -0.2) is 4.68 Å². The number of hydrogen-bond donors (Lipinski definition) is 2. The molecule has 1 amide bonds. The zero-order valence-corrected chi connectivity index (χ0v) is 14.0. The fraction of sp³-hybridized carbons (Fsp3) is 0.267. The number of amides is 1. The van der Waals surface area contributed by atoms with Gasteiger partial charge in [-0.1, -0.05) is 23.2 Å². The third-order valence-corrected chi connectivity index (χ3v) is 4.04. The Morgan fingerprint density at radius 1 is 1.30 bits per heavy atom. The van der Waals surface area contributed by atoms with Gasteiger partial charge in [0.2, 0.25) is 0 Å². The van der Waals surface area contributed by atoms with Crippen molar-refractivity contribution in [2.75, 3.05) is 0 Å². The van der Waals surface area contributed by atoms with Crippen molar-refractivity contribution in [1.29, 1.82) is 0 Å². The molecule has 6 nitrogen and oxygen atoms in total. The third-order valence-electron chi connectivity index (χ3n) is 3.50. The van der Waals surface area contributed by atoms with Crippen LogP contribution in [-0.4, -0.2) is 32.8 Å². The highest BCUT2D eigenvalue weighted by Crippen LogP contribution is 2.24. The Kier molecular flexibility index (Phi) is 5.28. The van der Waals surface area contributed by atoms with Crippen molar-refractivity contribution in [3.63, 3.8) is 0 Å². The first-order chi connectivity index (χ1) is 10.8. The van der Waals surface area contributed by atoms with E-state index in [-0.39, 0.29) is 0 Å². The first-order valence-corrected chi connectivity index (χ1v) is 7.59. The van der Waals surface area contributed by atoms with Gasteiger partial charge in [-0.15, -0.1) is 0 Å². The van der Waals surface area contributed by atoms with Gasteiger partial charge < -0.3 is 10.4 Å². The molecule has 0 spiro atoms. The van der Waals surface area contributed by atoms with E-state index in [1.165, 1.54) is 24.0 Å². The van der Waals surface area contributed by atoms with Crippen LogP contribution in [0.2, 0.25) is 10.0 Å². The van der Waals surface area contributed by atoms with Crippen LogP contribution in [0.5, 0.6) is 0 Å². The Bertz CT molecular complexity index is 745. The van der Waals surface area contributed by atoms with Gasteiger partial charge in [-0.2, -0.15) is 5.10 Å². The SMILES string of the molecule is CC(NC(=O)c1cnn(-c2ccc(Cl)cc2Cl)c1)C(C)C(=O)O. The van der Waals surface area contributed by atoms with E-state index in [0.717, 1.165) is 0 Å². The van der Waals surface area contributed by atoms with Gasteiger partial charge in [0.1, 0.15) is 0 Å². The second-order valence-corrected chi connectivity index (χ2v) is 6.00. The number of rotatable bonds is 5. The molecule has 2 rings (SSSR count). The van der Waals surface area contributed by atoms with Gasteiger partial charge in [0, 0.05) is 17.3 Å². The van der Waals surface area contributed by atoms with E-state index in [9.17, 15) is 9.59 Å². The minimum Gasteiger partial charge on any atom is -0.481 e. The van der Waals surface area contributed by atoms with Gasteiger partial charge in [0.25, 0.3) is 5.91 Å². The lowest BCUT2D eigenvalue weighted by Gasteiger charge is -2.17. The number of nitrogens with one attached hydrogen (secondary N) is 1. The minimum atomic E-state index is -0.971. The molecule has 0 fully saturated rings. The lowest BCUT2D eigenvalue weighted by molar-refractivity contribution is -0.141. The van der Waals surface area contributed by atoms with E-state index >= 15 is 0 Å². The summed E-state index contributed by atoms with van der Waals surface area (Å²) in [4.78, 5) is 23.1. The Morgan fingerprint density at radius 3 is 2.61 bits per heavy atom. The summed E-state index contributed by atoms with van der Waals surface area (Å²) in [5, 5.41) is 16.6. The number of benzene rings is 1. The molecule has 0 saturated heterocycles. The van der Waals surface area contributed by atoms with Crippen LogP contribution in [0.4, 0.5) is 0 Å². The fourth-order valence-electron chi connectivity index (χ4n) is 1.87. The van der Waals surface area contributed by atoms with Crippen molar-refractivity contribution in [1.82, 2.24) is 15.1 Å². The molecule has 1 aromatic carbocycles. The zero-order chi connectivity index (χ0) is 17.1. The van der Waals surface area contributed by atoms with Crippen LogP contribution in [0.1, 0.15) is 24.2 Å². The van der Waals surface area contributed by atoms with Crippen LogP contribution >= 0.6 is 23.2 Å². The molecule has 0 aliphatic rings. The van der Waals surface area contributed by atoms with Gasteiger partial charge in [0.15, 0.2) is 0 Å². The molecule has 2 unspecified atom stereocenters. The van der Waals surface area contributed by atoms with E-state index in [2.05, 4.69) is 10.4 Å². The highest BCUT2D eigenvalue weighted by atomic mass is 35.5. The number of carbonyl (C=O) groups excluding carboxylic acids is 1. The quantitative estimate of drug-likeness (QED) is 0.863. The van der Waals surface area contributed by atoms with Crippen molar-refractivity contribution in [2.24, 2.45) is 5.92 Å². The summed E-state index contributed by atoms with van der Waals surface area (Å²) in [5.41, 5.74) is 0.891. The topological polar surface area (TPSA) is 84.2 Å². The number of halogens is 2. The number of nitrogens with zero attached hydrogens (tertiary/aromatic N) is 2. The molecule has 0 bridgehead atoms.